The second kappa shape index (κ2) is 4.65. The maximum absolute atomic E-state index is 12.8. The minimum absolute atomic E-state index is 0.385. The molecule has 1 heterocycles. The number of nitrogens with one attached hydrogen (secondary N) is 1. The number of aromatic nitrogens is 2. The Kier molecular flexibility index (Phi) is 3.05. The zero-order valence-corrected chi connectivity index (χ0v) is 8.32. The van der Waals surface area contributed by atoms with Gasteiger partial charge >= 0.3 is 0 Å². The van der Waals surface area contributed by atoms with Crippen molar-refractivity contribution >= 4 is 5.69 Å². The number of halogens is 2. The molecule has 0 aliphatic carbocycles. The summed E-state index contributed by atoms with van der Waals surface area (Å²) in [7, 11) is 0. The highest BCUT2D eigenvalue weighted by atomic mass is 19.1. The van der Waals surface area contributed by atoms with E-state index in [0.717, 1.165) is 11.8 Å². The summed E-state index contributed by atoms with van der Waals surface area (Å²) in [4.78, 5) is 7.75. The van der Waals surface area contributed by atoms with Gasteiger partial charge in [-0.15, -0.1) is 0 Å². The molecule has 2 rings (SSSR count). The quantitative estimate of drug-likeness (QED) is 0.864. The van der Waals surface area contributed by atoms with Crippen LogP contribution in [0.3, 0.4) is 0 Å². The molecule has 0 aliphatic rings. The third-order valence-electron chi connectivity index (χ3n) is 1.98. The van der Waals surface area contributed by atoms with Gasteiger partial charge in [-0.25, -0.2) is 18.7 Å². The van der Waals surface area contributed by atoms with E-state index >= 15 is 0 Å². The highest BCUT2D eigenvalue weighted by Gasteiger charge is 2.00. The predicted molar refractivity (Wildman–Crippen MR) is 55.7 cm³/mol. The van der Waals surface area contributed by atoms with Crippen molar-refractivity contribution in [3.63, 3.8) is 0 Å². The highest BCUT2D eigenvalue weighted by Crippen LogP contribution is 2.13. The third kappa shape index (κ3) is 2.73. The zero-order valence-electron chi connectivity index (χ0n) is 8.32. The molecule has 2 aromatic rings. The summed E-state index contributed by atoms with van der Waals surface area (Å²) in [6.07, 6.45) is 3.03. The van der Waals surface area contributed by atoms with Crippen LogP contribution in [0.15, 0.2) is 36.8 Å². The van der Waals surface area contributed by atoms with E-state index in [1.807, 2.05) is 0 Å². The summed E-state index contributed by atoms with van der Waals surface area (Å²) >= 11 is 0. The molecule has 0 amide bonds. The lowest BCUT2D eigenvalue weighted by Crippen LogP contribution is -2.02. The summed E-state index contributed by atoms with van der Waals surface area (Å²) < 4.78 is 25.7. The van der Waals surface area contributed by atoms with Gasteiger partial charge in [0.1, 0.15) is 18.0 Å². The van der Waals surface area contributed by atoms with Crippen molar-refractivity contribution in [3.05, 3.63) is 54.1 Å². The van der Waals surface area contributed by atoms with Gasteiger partial charge in [-0.2, -0.15) is 0 Å². The molecule has 3 nitrogen and oxygen atoms in total. The van der Waals surface area contributed by atoms with E-state index < -0.39 is 11.6 Å². The topological polar surface area (TPSA) is 37.8 Å². The van der Waals surface area contributed by atoms with Crippen LogP contribution in [-0.2, 0) is 6.54 Å². The molecule has 5 heteroatoms. The maximum atomic E-state index is 12.8. The van der Waals surface area contributed by atoms with Crippen LogP contribution in [0, 0.1) is 11.6 Å². The molecular formula is C11H9F2N3. The molecule has 0 radical (unpaired) electrons. The van der Waals surface area contributed by atoms with Crippen molar-refractivity contribution in [3.8, 4) is 0 Å². The van der Waals surface area contributed by atoms with Gasteiger partial charge in [0.05, 0.1) is 12.2 Å². The van der Waals surface area contributed by atoms with Crippen LogP contribution in [-0.4, -0.2) is 9.97 Å². The Morgan fingerprint density at radius 2 is 1.88 bits per heavy atom. The Bertz CT molecular complexity index is 454. The van der Waals surface area contributed by atoms with Crippen LogP contribution in [0.2, 0.25) is 0 Å². The molecule has 0 saturated heterocycles. The fraction of sp³-hybridized carbons (Fsp3) is 0.0909. The van der Waals surface area contributed by atoms with Crippen molar-refractivity contribution in [1.82, 2.24) is 9.97 Å². The van der Waals surface area contributed by atoms with Crippen LogP contribution in [0.25, 0.3) is 0 Å². The van der Waals surface area contributed by atoms with Crippen LogP contribution in [0.5, 0.6) is 0 Å². The average molecular weight is 221 g/mol. The maximum Gasteiger partial charge on any atom is 0.128 e. The van der Waals surface area contributed by atoms with E-state index in [1.165, 1.54) is 18.5 Å². The molecule has 1 aromatic carbocycles. The molecular weight excluding hydrogens is 212 g/mol. The molecule has 0 saturated carbocycles. The molecule has 0 atom stereocenters. The Morgan fingerprint density at radius 3 is 2.50 bits per heavy atom. The minimum atomic E-state index is -0.606. The summed E-state index contributed by atoms with van der Waals surface area (Å²) in [5.41, 5.74) is 1.13. The fourth-order valence-corrected chi connectivity index (χ4v) is 1.27. The average Bonchev–Trinajstić information content (AvgIpc) is 2.27. The fourth-order valence-electron chi connectivity index (χ4n) is 1.27. The SMILES string of the molecule is Fc1cc(F)cc(NCc2ccncn2)c1. The summed E-state index contributed by atoms with van der Waals surface area (Å²) in [5.74, 6) is -1.21. The van der Waals surface area contributed by atoms with Gasteiger partial charge in [0.15, 0.2) is 0 Å². The van der Waals surface area contributed by atoms with Crippen LogP contribution >= 0.6 is 0 Å². The normalized spacial score (nSPS) is 10.1. The van der Waals surface area contributed by atoms with Gasteiger partial charge in [-0.1, -0.05) is 0 Å². The van der Waals surface area contributed by atoms with Gasteiger partial charge in [0.2, 0.25) is 0 Å². The van der Waals surface area contributed by atoms with Crippen LogP contribution < -0.4 is 5.32 Å². The first-order valence-corrected chi connectivity index (χ1v) is 4.69. The predicted octanol–water partition coefficient (Wildman–Crippen LogP) is 2.37. The molecule has 0 spiro atoms. The van der Waals surface area contributed by atoms with Gasteiger partial charge in [-0.3, -0.25) is 0 Å². The first-order valence-electron chi connectivity index (χ1n) is 4.69. The molecule has 1 aromatic heterocycles. The van der Waals surface area contributed by atoms with E-state index in [9.17, 15) is 8.78 Å². The van der Waals surface area contributed by atoms with E-state index in [4.69, 9.17) is 0 Å². The van der Waals surface area contributed by atoms with Gasteiger partial charge in [0, 0.05) is 18.0 Å². The lowest BCUT2D eigenvalue weighted by molar-refractivity contribution is 0.584. The molecule has 1 N–H and O–H groups in total. The molecule has 16 heavy (non-hydrogen) atoms. The van der Waals surface area contributed by atoms with E-state index in [-0.39, 0.29) is 0 Å². The molecule has 0 bridgehead atoms. The second-order valence-corrected chi connectivity index (χ2v) is 3.21. The first-order chi connectivity index (χ1) is 7.74. The van der Waals surface area contributed by atoms with Gasteiger partial charge in [-0.05, 0) is 18.2 Å². The number of rotatable bonds is 3. The van der Waals surface area contributed by atoms with E-state index in [1.54, 1.807) is 12.3 Å². The van der Waals surface area contributed by atoms with Crippen LogP contribution in [0.4, 0.5) is 14.5 Å². The van der Waals surface area contributed by atoms with Crippen molar-refractivity contribution in [1.29, 1.82) is 0 Å². The Balaban J connectivity index is 2.05. The standard InChI is InChI=1S/C11H9F2N3/c12-8-3-9(13)5-11(4-8)15-6-10-1-2-14-7-16-10/h1-5,7,15H,6H2. The largest absolute Gasteiger partial charge is 0.379 e. The number of anilines is 1. The minimum Gasteiger partial charge on any atom is -0.379 e. The lowest BCUT2D eigenvalue weighted by atomic mass is 10.3. The van der Waals surface area contributed by atoms with Gasteiger partial charge in [0.25, 0.3) is 0 Å². The van der Waals surface area contributed by atoms with E-state index in [2.05, 4.69) is 15.3 Å². The zero-order chi connectivity index (χ0) is 11.4. The summed E-state index contributed by atoms with van der Waals surface area (Å²) in [5, 5.41) is 2.87. The van der Waals surface area contributed by atoms with Crippen LogP contribution in [0.1, 0.15) is 5.69 Å². The number of nitrogens with zero attached hydrogens (tertiary/aromatic N) is 2. The van der Waals surface area contributed by atoms with Crippen molar-refractivity contribution < 1.29 is 8.78 Å². The van der Waals surface area contributed by atoms with Crippen molar-refractivity contribution in [2.45, 2.75) is 6.54 Å². The Labute approximate surface area is 91.2 Å². The number of benzene rings is 1. The van der Waals surface area contributed by atoms with Crippen molar-refractivity contribution in [2.75, 3.05) is 5.32 Å². The monoisotopic (exact) mass is 221 g/mol. The van der Waals surface area contributed by atoms with Gasteiger partial charge < -0.3 is 5.32 Å². The van der Waals surface area contributed by atoms with E-state index in [0.29, 0.717) is 12.2 Å². The van der Waals surface area contributed by atoms with Crippen molar-refractivity contribution in [2.24, 2.45) is 0 Å². The number of hydrogen-bond donors (Lipinski definition) is 1. The summed E-state index contributed by atoms with van der Waals surface area (Å²) in [6, 6.07) is 5.01. The number of hydrogen-bond acceptors (Lipinski definition) is 3. The Morgan fingerprint density at radius 1 is 1.12 bits per heavy atom. The molecule has 0 aliphatic heterocycles. The molecule has 82 valence electrons. The molecule has 0 fully saturated rings. The first kappa shape index (κ1) is 10.5. The highest BCUT2D eigenvalue weighted by molar-refractivity contribution is 5.43. The summed E-state index contributed by atoms with van der Waals surface area (Å²) in [6.45, 7) is 0.394. The Hall–Kier alpha value is -2.04. The second-order valence-electron chi connectivity index (χ2n) is 3.21. The smallest absolute Gasteiger partial charge is 0.128 e. The lowest BCUT2D eigenvalue weighted by Gasteiger charge is -2.05. The molecule has 0 unspecified atom stereocenters. The third-order valence-corrected chi connectivity index (χ3v) is 1.98.